The van der Waals surface area contributed by atoms with Gasteiger partial charge >= 0.3 is 5.97 Å². The van der Waals surface area contributed by atoms with Crippen LogP contribution in [0.25, 0.3) is 0 Å². The predicted octanol–water partition coefficient (Wildman–Crippen LogP) is 4.78. The SMILES string of the molecule is COc1ccccc1C1OC(c2ccccc2Cl)OCC1CC=CC(=O)O. The second kappa shape index (κ2) is 9.04. The number of carboxylic acids is 1. The van der Waals surface area contributed by atoms with Crippen LogP contribution in [0.15, 0.2) is 60.7 Å². The zero-order chi connectivity index (χ0) is 19.2. The fourth-order valence-corrected chi connectivity index (χ4v) is 3.40. The molecule has 1 fully saturated rings. The molecule has 0 aliphatic carbocycles. The third-order valence-corrected chi connectivity index (χ3v) is 4.81. The molecule has 2 aromatic carbocycles. The summed E-state index contributed by atoms with van der Waals surface area (Å²) in [6.07, 6.45) is 2.34. The standard InChI is InChI=1S/C21H21ClO5/c1-25-18-11-5-3-9-16(18)20-14(7-6-12-19(23)24)13-26-21(27-20)15-8-2-4-10-17(15)22/h2-6,8-12,14,20-21H,7,13H2,1H3,(H,23,24). The maximum atomic E-state index is 10.8. The lowest BCUT2D eigenvalue weighted by atomic mass is 9.91. The Morgan fingerprint density at radius 3 is 2.63 bits per heavy atom. The minimum atomic E-state index is -0.976. The second-order valence-electron chi connectivity index (χ2n) is 6.22. The fraction of sp³-hybridized carbons (Fsp3) is 0.286. The average Bonchev–Trinajstić information content (AvgIpc) is 2.68. The number of para-hydroxylation sites is 1. The molecule has 0 spiro atoms. The fourth-order valence-electron chi connectivity index (χ4n) is 3.18. The number of hydrogen-bond donors (Lipinski definition) is 1. The van der Waals surface area contributed by atoms with Gasteiger partial charge in [-0.2, -0.15) is 0 Å². The summed E-state index contributed by atoms with van der Waals surface area (Å²) in [4.78, 5) is 10.8. The van der Waals surface area contributed by atoms with Crippen LogP contribution in [-0.2, 0) is 14.3 Å². The van der Waals surface area contributed by atoms with Crippen LogP contribution in [0.4, 0.5) is 0 Å². The van der Waals surface area contributed by atoms with Crippen LogP contribution in [-0.4, -0.2) is 24.8 Å². The Kier molecular flexibility index (Phi) is 6.50. The number of halogens is 1. The summed E-state index contributed by atoms with van der Waals surface area (Å²) in [5, 5.41) is 9.42. The summed E-state index contributed by atoms with van der Waals surface area (Å²) in [6.45, 7) is 0.405. The minimum absolute atomic E-state index is 0.0596. The van der Waals surface area contributed by atoms with Gasteiger partial charge in [0.15, 0.2) is 6.29 Å². The average molecular weight is 389 g/mol. The molecule has 142 valence electrons. The van der Waals surface area contributed by atoms with Crippen molar-refractivity contribution in [2.45, 2.75) is 18.8 Å². The Hall–Kier alpha value is -2.34. The summed E-state index contributed by atoms with van der Waals surface area (Å²) in [5.74, 6) is -0.319. The monoisotopic (exact) mass is 388 g/mol. The number of aliphatic carboxylic acids is 1. The van der Waals surface area contributed by atoms with Gasteiger partial charge in [-0.1, -0.05) is 54.1 Å². The van der Waals surface area contributed by atoms with Crippen molar-refractivity contribution in [1.82, 2.24) is 0 Å². The van der Waals surface area contributed by atoms with Gasteiger partial charge in [-0.05, 0) is 18.6 Å². The first-order valence-corrected chi connectivity index (χ1v) is 9.01. The van der Waals surface area contributed by atoms with Crippen molar-refractivity contribution in [1.29, 1.82) is 0 Å². The van der Waals surface area contributed by atoms with Gasteiger partial charge in [-0.25, -0.2) is 4.79 Å². The number of hydrogen-bond acceptors (Lipinski definition) is 4. The van der Waals surface area contributed by atoms with Gasteiger partial charge in [-0.3, -0.25) is 0 Å². The third-order valence-electron chi connectivity index (χ3n) is 4.46. The summed E-state index contributed by atoms with van der Waals surface area (Å²) in [6, 6.07) is 15.0. The van der Waals surface area contributed by atoms with Crippen molar-refractivity contribution >= 4 is 17.6 Å². The molecule has 1 aliphatic rings. The smallest absolute Gasteiger partial charge is 0.327 e. The van der Waals surface area contributed by atoms with E-state index >= 15 is 0 Å². The van der Waals surface area contributed by atoms with Gasteiger partial charge in [0, 0.05) is 28.1 Å². The van der Waals surface area contributed by atoms with E-state index in [-0.39, 0.29) is 12.0 Å². The van der Waals surface area contributed by atoms with Gasteiger partial charge in [0.05, 0.1) is 19.8 Å². The molecule has 1 N–H and O–H groups in total. The Morgan fingerprint density at radius 1 is 1.22 bits per heavy atom. The van der Waals surface area contributed by atoms with Gasteiger partial charge in [-0.15, -0.1) is 0 Å². The molecule has 0 amide bonds. The molecule has 5 nitrogen and oxygen atoms in total. The van der Waals surface area contributed by atoms with Gasteiger partial charge < -0.3 is 19.3 Å². The number of benzene rings is 2. The summed E-state index contributed by atoms with van der Waals surface area (Å²) < 4.78 is 17.7. The maximum absolute atomic E-state index is 10.8. The van der Waals surface area contributed by atoms with Crippen molar-refractivity contribution in [3.8, 4) is 5.75 Å². The Bertz CT molecular complexity index is 820. The first-order chi connectivity index (χ1) is 13.1. The zero-order valence-corrected chi connectivity index (χ0v) is 15.6. The molecule has 2 aromatic rings. The highest BCUT2D eigenvalue weighted by atomic mass is 35.5. The van der Waals surface area contributed by atoms with E-state index in [2.05, 4.69) is 0 Å². The van der Waals surface area contributed by atoms with Crippen LogP contribution in [0, 0.1) is 5.92 Å². The van der Waals surface area contributed by atoms with Crippen LogP contribution in [0.1, 0.15) is 29.9 Å². The van der Waals surface area contributed by atoms with Crippen molar-refractivity contribution < 1.29 is 24.1 Å². The molecule has 3 rings (SSSR count). The molecule has 27 heavy (non-hydrogen) atoms. The second-order valence-corrected chi connectivity index (χ2v) is 6.63. The lowest BCUT2D eigenvalue weighted by Crippen LogP contribution is -2.30. The van der Waals surface area contributed by atoms with E-state index in [0.717, 1.165) is 23.0 Å². The number of allylic oxidation sites excluding steroid dienone is 1. The van der Waals surface area contributed by atoms with E-state index in [1.54, 1.807) is 19.3 Å². The van der Waals surface area contributed by atoms with Crippen molar-refractivity contribution in [2.75, 3.05) is 13.7 Å². The molecule has 6 heteroatoms. The molecule has 0 bridgehead atoms. The number of carbonyl (C=O) groups is 1. The van der Waals surface area contributed by atoms with Crippen molar-refractivity contribution in [3.05, 3.63) is 76.8 Å². The van der Waals surface area contributed by atoms with Crippen molar-refractivity contribution in [2.24, 2.45) is 5.92 Å². The molecule has 0 radical (unpaired) electrons. The molecule has 0 aromatic heterocycles. The zero-order valence-electron chi connectivity index (χ0n) is 14.9. The predicted molar refractivity (Wildman–Crippen MR) is 102 cm³/mol. The quantitative estimate of drug-likeness (QED) is 0.721. The highest BCUT2D eigenvalue weighted by Gasteiger charge is 2.35. The molecular weight excluding hydrogens is 368 g/mol. The number of methoxy groups -OCH3 is 1. The molecular formula is C21H21ClO5. The first-order valence-electron chi connectivity index (χ1n) is 8.64. The van der Waals surface area contributed by atoms with Crippen molar-refractivity contribution in [3.63, 3.8) is 0 Å². The Labute approximate surface area is 163 Å². The normalized spacial score (nSPS) is 22.7. The van der Waals surface area contributed by atoms with Gasteiger partial charge in [0.2, 0.25) is 0 Å². The van der Waals surface area contributed by atoms with E-state index in [1.165, 1.54) is 0 Å². The highest BCUT2D eigenvalue weighted by molar-refractivity contribution is 6.31. The lowest BCUT2D eigenvalue weighted by molar-refractivity contribution is -0.244. The van der Waals surface area contributed by atoms with Gasteiger partial charge in [0.1, 0.15) is 5.75 Å². The van der Waals surface area contributed by atoms with Crippen LogP contribution in [0.5, 0.6) is 5.75 Å². The molecule has 3 atom stereocenters. The Balaban J connectivity index is 1.90. The largest absolute Gasteiger partial charge is 0.496 e. The summed E-state index contributed by atoms with van der Waals surface area (Å²) >= 11 is 6.30. The molecule has 3 unspecified atom stereocenters. The topological polar surface area (TPSA) is 65.0 Å². The lowest BCUT2D eigenvalue weighted by Gasteiger charge is -2.37. The number of carboxylic acid groups (broad SMARTS) is 1. The molecule has 0 saturated carbocycles. The van der Waals surface area contributed by atoms with Gasteiger partial charge in [0.25, 0.3) is 0 Å². The van der Waals surface area contributed by atoms with E-state index in [4.69, 9.17) is 30.9 Å². The van der Waals surface area contributed by atoms with E-state index in [0.29, 0.717) is 18.1 Å². The third kappa shape index (κ3) is 4.69. The summed E-state index contributed by atoms with van der Waals surface area (Å²) in [7, 11) is 1.61. The summed E-state index contributed by atoms with van der Waals surface area (Å²) in [5.41, 5.74) is 1.66. The molecule has 1 aliphatic heterocycles. The number of rotatable bonds is 6. The Morgan fingerprint density at radius 2 is 1.93 bits per heavy atom. The van der Waals surface area contributed by atoms with Crippen LogP contribution in [0.2, 0.25) is 5.02 Å². The van der Waals surface area contributed by atoms with E-state index < -0.39 is 12.3 Å². The number of ether oxygens (including phenoxy) is 3. The highest BCUT2D eigenvalue weighted by Crippen LogP contribution is 2.43. The first kappa shape index (κ1) is 19.4. The molecule has 1 heterocycles. The van der Waals surface area contributed by atoms with Crippen LogP contribution < -0.4 is 4.74 Å². The van der Waals surface area contributed by atoms with E-state index in [1.807, 2.05) is 42.5 Å². The minimum Gasteiger partial charge on any atom is -0.496 e. The van der Waals surface area contributed by atoms with E-state index in [9.17, 15) is 4.79 Å². The molecule has 1 saturated heterocycles. The van der Waals surface area contributed by atoms with Crippen LogP contribution in [0.3, 0.4) is 0 Å². The van der Waals surface area contributed by atoms with Crippen LogP contribution >= 0.6 is 11.6 Å². The maximum Gasteiger partial charge on any atom is 0.327 e.